The average molecular weight is 284 g/mol. The van der Waals surface area contributed by atoms with Crippen LogP contribution in [0.1, 0.15) is 5.82 Å². The second kappa shape index (κ2) is 4.43. The summed E-state index contributed by atoms with van der Waals surface area (Å²) in [6.07, 6.45) is -5.62. The van der Waals surface area contributed by atoms with E-state index in [1.54, 1.807) is 12.1 Å². The Morgan fingerprint density at radius 3 is 2.05 bits per heavy atom. The van der Waals surface area contributed by atoms with Crippen LogP contribution in [0.5, 0.6) is 0 Å². The minimum absolute atomic E-state index is 0. The Bertz CT molecular complexity index is 560. The highest BCUT2D eigenvalue weighted by Crippen LogP contribution is 2.43. The standard InChI is InChI=1S/C11H10F5N2.FH/c1-17-7-5-3-4-6-8(7)18(2)9(17)10(12,13)11(14,15)16;/h3-6H,1-2H3;1H/q+1;/p-1. The highest BCUT2D eigenvalue weighted by Gasteiger charge is 2.66. The van der Waals surface area contributed by atoms with Crippen molar-refractivity contribution in [2.45, 2.75) is 12.1 Å². The molecular formula is C11H10F6N2. The Morgan fingerprint density at radius 2 is 1.58 bits per heavy atom. The van der Waals surface area contributed by atoms with Gasteiger partial charge in [-0.1, -0.05) is 12.1 Å². The van der Waals surface area contributed by atoms with Crippen LogP contribution in [0.2, 0.25) is 0 Å². The van der Waals surface area contributed by atoms with Crippen LogP contribution < -0.4 is 9.27 Å². The third-order valence-electron chi connectivity index (χ3n) is 2.88. The van der Waals surface area contributed by atoms with Gasteiger partial charge in [0.1, 0.15) is 0 Å². The monoisotopic (exact) mass is 284 g/mol. The van der Waals surface area contributed by atoms with Gasteiger partial charge in [-0.3, -0.25) is 0 Å². The molecule has 106 valence electrons. The van der Waals surface area contributed by atoms with E-state index >= 15 is 0 Å². The minimum Gasteiger partial charge on any atom is -1.00 e. The molecule has 0 unspecified atom stereocenters. The molecule has 1 heterocycles. The van der Waals surface area contributed by atoms with Crippen LogP contribution in [-0.4, -0.2) is 10.7 Å². The Kier molecular flexibility index (Phi) is 3.57. The number of alkyl halides is 5. The first-order valence-corrected chi connectivity index (χ1v) is 5.06. The maximum Gasteiger partial charge on any atom is 0.466 e. The molecule has 1 aromatic heterocycles. The molecule has 0 atom stereocenters. The van der Waals surface area contributed by atoms with Crippen LogP contribution in [0, 0.1) is 0 Å². The largest absolute Gasteiger partial charge is 1.00 e. The summed E-state index contributed by atoms with van der Waals surface area (Å²) in [5, 5.41) is 0. The third kappa shape index (κ3) is 2.04. The predicted octanol–water partition coefficient (Wildman–Crippen LogP) is -0.339. The molecule has 0 saturated heterocycles. The zero-order chi connectivity index (χ0) is 13.7. The zero-order valence-electron chi connectivity index (χ0n) is 9.97. The van der Waals surface area contributed by atoms with Crippen LogP contribution in [0.3, 0.4) is 0 Å². The SMILES string of the molecule is Cn1c(C(F)(F)C(F)(F)F)[n+](C)c2ccccc21.[F-]. The van der Waals surface area contributed by atoms with Gasteiger partial charge in [-0.25, -0.2) is 9.13 Å². The molecule has 0 saturated carbocycles. The first-order valence-electron chi connectivity index (χ1n) is 5.06. The summed E-state index contributed by atoms with van der Waals surface area (Å²) in [4.78, 5) is 0. The van der Waals surface area contributed by atoms with Gasteiger partial charge in [0.25, 0.3) is 0 Å². The van der Waals surface area contributed by atoms with Gasteiger partial charge in [0.05, 0.1) is 14.1 Å². The van der Waals surface area contributed by atoms with Gasteiger partial charge in [0.15, 0.2) is 11.0 Å². The second-order valence-electron chi connectivity index (χ2n) is 4.00. The quantitative estimate of drug-likeness (QED) is 0.500. The van der Waals surface area contributed by atoms with Gasteiger partial charge in [-0.2, -0.15) is 22.0 Å². The van der Waals surface area contributed by atoms with Crippen molar-refractivity contribution >= 4 is 11.0 Å². The molecule has 0 aliphatic heterocycles. The van der Waals surface area contributed by atoms with E-state index in [1.807, 2.05) is 0 Å². The minimum atomic E-state index is -5.62. The molecule has 0 bridgehead atoms. The number of benzene rings is 1. The fourth-order valence-corrected chi connectivity index (χ4v) is 2.03. The molecule has 0 radical (unpaired) electrons. The number of hydrogen-bond acceptors (Lipinski definition) is 0. The number of halogens is 6. The molecule has 2 rings (SSSR count). The van der Waals surface area contributed by atoms with Gasteiger partial charge in [0.2, 0.25) is 0 Å². The highest BCUT2D eigenvalue weighted by atomic mass is 19.4. The number of imidazole rings is 1. The molecule has 2 aromatic rings. The van der Waals surface area contributed by atoms with Crippen molar-refractivity contribution in [1.82, 2.24) is 4.57 Å². The Hall–Kier alpha value is -1.73. The topological polar surface area (TPSA) is 8.81 Å². The molecule has 0 fully saturated rings. The smallest absolute Gasteiger partial charge is 0.466 e. The van der Waals surface area contributed by atoms with Gasteiger partial charge in [0, 0.05) is 0 Å². The van der Waals surface area contributed by atoms with Crippen LogP contribution in [0.15, 0.2) is 24.3 Å². The van der Waals surface area contributed by atoms with E-state index in [9.17, 15) is 22.0 Å². The molecule has 0 spiro atoms. The summed E-state index contributed by atoms with van der Waals surface area (Å²) in [6, 6.07) is 6.15. The van der Waals surface area contributed by atoms with E-state index in [4.69, 9.17) is 0 Å². The van der Waals surface area contributed by atoms with E-state index in [0.29, 0.717) is 11.0 Å². The summed E-state index contributed by atoms with van der Waals surface area (Å²) < 4.78 is 65.9. The summed E-state index contributed by atoms with van der Waals surface area (Å²) in [5.41, 5.74) is 0.637. The molecule has 8 heteroatoms. The molecule has 0 aliphatic rings. The van der Waals surface area contributed by atoms with Crippen molar-refractivity contribution in [3.63, 3.8) is 0 Å². The van der Waals surface area contributed by atoms with Crippen molar-refractivity contribution in [3.8, 4) is 0 Å². The molecule has 0 N–H and O–H groups in total. The normalized spacial score (nSPS) is 12.6. The first kappa shape index (κ1) is 15.3. The number of hydrogen-bond donors (Lipinski definition) is 0. The van der Waals surface area contributed by atoms with E-state index in [0.717, 1.165) is 9.13 Å². The molecule has 0 amide bonds. The van der Waals surface area contributed by atoms with Crippen molar-refractivity contribution in [2.75, 3.05) is 0 Å². The van der Waals surface area contributed by atoms with Gasteiger partial charge in [-0.05, 0) is 12.1 Å². The van der Waals surface area contributed by atoms with Gasteiger partial charge < -0.3 is 4.70 Å². The zero-order valence-corrected chi connectivity index (χ0v) is 9.97. The van der Waals surface area contributed by atoms with Gasteiger partial charge >= 0.3 is 17.9 Å². The summed E-state index contributed by atoms with van der Waals surface area (Å²) in [7, 11) is 2.38. The predicted molar refractivity (Wildman–Crippen MR) is 54.0 cm³/mol. The number of para-hydroxylation sites is 2. The number of rotatable bonds is 1. The lowest BCUT2D eigenvalue weighted by Gasteiger charge is -2.16. The maximum atomic E-state index is 13.5. The van der Waals surface area contributed by atoms with Crippen molar-refractivity contribution < 1.29 is 31.2 Å². The third-order valence-corrected chi connectivity index (χ3v) is 2.88. The summed E-state index contributed by atoms with van der Waals surface area (Å²) in [5.74, 6) is -5.98. The van der Waals surface area contributed by atoms with Crippen molar-refractivity contribution in [2.24, 2.45) is 14.1 Å². The Labute approximate surface area is 104 Å². The lowest BCUT2D eigenvalue weighted by molar-refractivity contribution is -0.667. The van der Waals surface area contributed by atoms with Crippen LogP contribution in [0.4, 0.5) is 22.0 Å². The Balaban J connectivity index is 0.00000180. The molecule has 2 nitrogen and oxygen atoms in total. The molecule has 1 aromatic carbocycles. The lowest BCUT2D eigenvalue weighted by Crippen LogP contribution is -3.00. The second-order valence-corrected chi connectivity index (χ2v) is 4.00. The van der Waals surface area contributed by atoms with E-state index in [-0.39, 0.29) is 4.70 Å². The first-order chi connectivity index (χ1) is 8.18. The number of nitrogens with zero attached hydrogens (tertiary/aromatic N) is 2. The average Bonchev–Trinajstić information content (AvgIpc) is 2.51. The van der Waals surface area contributed by atoms with E-state index in [2.05, 4.69) is 0 Å². The molecular weight excluding hydrogens is 274 g/mol. The molecule has 0 aliphatic carbocycles. The van der Waals surface area contributed by atoms with E-state index in [1.165, 1.54) is 26.2 Å². The number of aromatic nitrogens is 2. The Morgan fingerprint density at radius 1 is 1.05 bits per heavy atom. The van der Waals surface area contributed by atoms with E-state index < -0.39 is 17.9 Å². The summed E-state index contributed by atoms with van der Waals surface area (Å²) in [6.45, 7) is 0. The van der Waals surface area contributed by atoms with Crippen LogP contribution in [0.25, 0.3) is 11.0 Å². The number of fused-ring (bicyclic) bond motifs is 1. The lowest BCUT2D eigenvalue weighted by atomic mass is 10.3. The van der Waals surface area contributed by atoms with Crippen molar-refractivity contribution in [1.29, 1.82) is 0 Å². The van der Waals surface area contributed by atoms with Crippen LogP contribution in [-0.2, 0) is 20.0 Å². The highest BCUT2D eigenvalue weighted by molar-refractivity contribution is 5.72. The molecule has 19 heavy (non-hydrogen) atoms. The van der Waals surface area contributed by atoms with Crippen LogP contribution >= 0.6 is 0 Å². The van der Waals surface area contributed by atoms with Gasteiger partial charge in [-0.15, -0.1) is 0 Å². The summed E-state index contributed by atoms with van der Waals surface area (Å²) >= 11 is 0. The maximum absolute atomic E-state index is 13.5. The fraction of sp³-hybridized carbons (Fsp3) is 0.364. The number of aryl methyl sites for hydroxylation is 2. The fourth-order valence-electron chi connectivity index (χ4n) is 2.03. The van der Waals surface area contributed by atoms with Crippen molar-refractivity contribution in [3.05, 3.63) is 30.1 Å².